The zero-order valence-electron chi connectivity index (χ0n) is 8.85. The number of aliphatic imine (C=N–C) groups is 1. The molecule has 1 aromatic carbocycles. The highest BCUT2D eigenvalue weighted by Crippen LogP contribution is 2.12. The van der Waals surface area contributed by atoms with Gasteiger partial charge in [-0.3, -0.25) is 9.79 Å². The Balaban J connectivity index is 2.79. The average molecular weight is 241 g/mol. The number of hydrogen-bond donors (Lipinski definition) is 2. The third kappa shape index (κ3) is 3.32. The van der Waals surface area contributed by atoms with Gasteiger partial charge in [-0.05, 0) is 6.07 Å². The molecule has 0 aliphatic rings. The Morgan fingerprint density at radius 1 is 1.62 bits per heavy atom. The van der Waals surface area contributed by atoms with Crippen LogP contribution in [0.4, 0.5) is 0 Å². The molecule has 1 unspecified atom stereocenters. The first-order valence-electron chi connectivity index (χ1n) is 4.79. The van der Waals surface area contributed by atoms with Crippen LogP contribution in [0.2, 0.25) is 5.02 Å². The predicted molar refractivity (Wildman–Crippen MR) is 64.0 cm³/mol. The Labute approximate surface area is 99.0 Å². The molecule has 2 N–H and O–H groups in total. The van der Waals surface area contributed by atoms with Gasteiger partial charge < -0.3 is 10.4 Å². The molecule has 1 aromatic rings. The van der Waals surface area contributed by atoms with Crippen LogP contribution in [0.3, 0.4) is 0 Å². The van der Waals surface area contributed by atoms with Gasteiger partial charge >= 0.3 is 0 Å². The molecule has 1 amide bonds. The van der Waals surface area contributed by atoms with Crippen LogP contribution in [-0.4, -0.2) is 36.9 Å². The molecule has 0 saturated heterocycles. The van der Waals surface area contributed by atoms with E-state index < -0.39 is 6.04 Å². The third-order valence-corrected chi connectivity index (χ3v) is 2.36. The van der Waals surface area contributed by atoms with Crippen LogP contribution in [0.25, 0.3) is 0 Å². The highest BCUT2D eigenvalue weighted by Gasteiger charge is 2.13. The molecule has 0 aliphatic carbocycles. The van der Waals surface area contributed by atoms with E-state index in [0.29, 0.717) is 10.6 Å². The molecule has 0 spiro atoms. The minimum atomic E-state index is -0.790. The van der Waals surface area contributed by atoms with Gasteiger partial charge in [0.2, 0.25) is 5.91 Å². The number of amides is 1. The fourth-order valence-corrected chi connectivity index (χ4v) is 1.30. The number of rotatable bonds is 4. The molecule has 0 bridgehead atoms. The normalized spacial score (nSPS) is 12.7. The summed E-state index contributed by atoms with van der Waals surface area (Å²) in [5.74, 6) is -0.328. The van der Waals surface area contributed by atoms with Gasteiger partial charge in [0, 0.05) is 23.8 Å². The number of aliphatic hydroxyl groups is 1. The Morgan fingerprint density at radius 2 is 2.31 bits per heavy atom. The van der Waals surface area contributed by atoms with Crippen LogP contribution in [0.15, 0.2) is 29.3 Å². The molecule has 5 heteroatoms. The van der Waals surface area contributed by atoms with Crippen LogP contribution in [0.5, 0.6) is 0 Å². The van der Waals surface area contributed by atoms with E-state index in [0.717, 1.165) is 0 Å². The van der Waals surface area contributed by atoms with E-state index in [9.17, 15) is 4.79 Å². The fourth-order valence-electron chi connectivity index (χ4n) is 1.11. The summed E-state index contributed by atoms with van der Waals surface area (Å²) in [6.07, 6.45) is 1.48. The van der Waals surface area contributed by atoms with Crippen LogP contribution >= 0.6 is 11.6 Å². The third-order valence-electron chi connectivity index (χ3n) is 2.02. The molecule has 0 radical (unpaired) electrons. The van der Waals surface area contributed by atoms with Crippen molar-refractivity contribution in [3.05, 3.63) is 34.9 Å². The van der Waals surface area contributed by atoms with Crippen molar-refractivity contribution in [2.24, 2.45) is 4.99 Å². The number of halogens is 1. The summed E-state index contributed by atoms with van der Waals surface area (Å²) in [6.45, 7) is -0.333. The Morgan fingerprint density at radius 3 is 2.88 bits per heavy atom. The SMILES string of the molecule is CNC(=O)C(CO)N=Cc1ccccc1Cl. The molecule has 0 aliphatic heterocycles. The smallest absolute Gasteiger partial charge is 0.246 e. The summed E-state index contributed by atoms with van der Waals surface area (Å²) in [6, 6.07) is 6.35. The van der Waals surface area contributed by atoms with E-state index in [2.05, 4.69) is 10.3 Å². The van der Waals surface area contributed by atoms with Crippen molar-refractivity contribution in [2.75, 3.05) is 13.7 Å². The highest BCUT2D eigenvalue weighted by atomic mass is 35.5. The van der Waals surface area contributed by atoms with Gasteiger partial charge in [0.1, 0.15) is 0 Å². The monoisotopic (exact) mass is 240 g/mol. The lowest BCUT2D eigenvalue weighted by Gasteiger charge is -2.06. The Hall–Kier alpha value is -1.39. The lowest BCUT2D eigenvalue weighted by Crippen LogP contribution is -2.33. The summed E-state index contributed by atoms with van der Waals surface area (Å²) in [5, 5.41) is 11.9. The zero-order valence-corrected chi connectivity index (χ0v) is 9.61. The molecule has 16 heavy (non-hydrogen) atoms. The van der Waals surface area contributed by atoms with Crippen LogP contribution < -0.4 is 5.32 Å². The lowest BCUT2D eigenvalue weighted by molar-refractivity contribution is -0.122. The van der Waals surface area contributed by atoms with Crippen molar-refractivity contribution in [1.29, 1.82) is 0 Å². The van der Waals surface area contributed by atoms with E-state index in [-0.39, 0.29) is 12.5 Å². The number of likely N-dealkylation sites (N-methyl/N-ethyl adjacent to an activating group) is 1. The molecule has 4 nitrogen and oxygen atoms in total. The van der Waals surface area contributed by atoms with Gasteiger partial charge in [-0.25, -0.2) is 0 Å². The van der Waals surface area contributed by atoms with Crippen molar-refractivity contribution in [2.45, 2.75) is 6.04 Å². The standard InChI is InChI=1S/C11H13ClN2O2/c1-13-11(16)10(7-15)14-6-8-4-2-3-5-9(8)12/h2-6,10,15H,7H2,1H3,(H,13,16). The largest absolute Gasteiger partial charge is 0.394 e. The minimum absolute atomic E-state index is 0.328. The van der Waals surface area contributed by atoms with Crippen molar-refractivity contribution < 1.29 is 9.90 Å². The molecule has 0 fully saturated rings. The maximum Gasteiger partial charge on any atom is 0.246 e. The second-order valence-corrected chi connectivity index (χ2v) is 3.52. The van der Waals surface area contributed by atoms with Gasteiger partial charge in [-0.1, -0.05) is 29.8 Å². The molecule has 0 heterocycles. The molecule has 86 valence electrons. The summed E-state index contributed by atoms with van der Waals surface area (Å²) < 4.78 is 0. The average Bonchev–Trinajstić information content (AvgIpc) is 2.31. The number of aliphatic hydroxyl groups excluding tert-OH is 1. The first-order valence-corrected chi connectivity index (χ1v) is 5.17. The molecule has 0 saturated carbocycles. The van der Waals surface area contributed by atoms with Gasteiger partial charge in [0.05, 0.1) is 6.61 Å². The van der Waals surface area contributed by atoms with Crippen LogP contribution in [0, 0.1) is 0 Å². The summed E-state index contributed by atoms with van der Waals surface area (Å²) in [7, 11) is 1.50. The molecular formula is C11H13ClN2O2. The zero-order chi connectivity index (χ0) is 12.0. The molecule has 1 rings (SSSR count). The topological polar surface area (TPSA) is 61.7 Å². The van der Waals surface area contributed by atoms with Crippen molar-refractivity contribution in [3.63, 3.8) is 0 Å². The van der Waals surface area contributed by atoms with E-state index in [4.69, 9.17) is 16.7 Å². The van der Waals surface area contributed by atoms with Crippen molar-refractivity contribution in [1.82, 2.24) is 5.32 Å². The lowest BCUT2D eigenvalue weighted by atomic mass is 10.2. The minimum Gasteiger partial charge on any atom is -0.394 e. The van der Waals surface area contributed by atoms with E-state index in [1.165, 1.54) is 13.3 Å². The predicted octanol–water partition coefficient (Wildman–Crippen LogP) is 0.866. The highest BCUT2D eigenvalue weighted by molar-refractivity contribution is 6.33. The van der Waals surface area contributed by atoms with Gasteiger partial charge in [-0.2, -0.15) is 0 Å². The number of benzene rings is 1. The number of carbonyl (C=O) groups is 1. The number of hydrogen-bond acceptors (Lipinski definition) is 3. The van der Waals surface area contributed by atoms with E-state index >= 15 is 0 Å². The first kappa shape index (κ1) is 12.7. The number of carbonyl (C=O) groups excluding carboxylic acids is 1. The second kappa shape index (κ2) is 6.25. The second-order valence-electron chi connectivity index (χ2n) is 3.11. The van der Waals surface area contributed by atoms with E-state index in [1.54, 1.807) is 12.1 Å². The summed E-state index contributed by atoms with van der Waals surface area (Å²) >= 11 is 5.91. The van der Waals surface area contributed by atoms with Crippen molar-refractivity contribution >= 4 is 23.7 Å². The maximum atomic E-state index is 11.2. The summed E-state index contributed by atoms with van der Waals surface area (Å²) in [4.78, 5) is 15.2. The van der Waals surface area contributed by atoms with Gasteiger partial charge in [0.25, 0.3) is 0 Å². The summed E-state index contributed by atoms with van der Waals surface area (Å²) in [5.41, 5.74) is 0.714. The quantitative estimate of drug-likeness (QED) is 0.767. The molecule has 1 atom stereocenters. The fraction of sp³-hybridized carbons (Fsp3) is 0.273. The van der Waals surface area contributed by atoms with E-state index in [1.807, 2.05) is 12.1 Å². The van der Waals surface area contributed by atoms with Crippen LogP contribution in [0.1, 0.15) is 5.56 Å². The van der Waals surface area contributed by atoms with Crippen LogP contribution in [-0.2, 0) is 4.79 Å². The maximum absolute atomic E-state index is 11.2. The molecular weight excluding hydrogens is 228 g/mol. The van der Waals surface area contributed by atoms with Gasteiger partial charge in [-0.15, -0.1) is 0 Å². The number of nitrogens with zero attached hydrogens (tertiary/aromatic N) is 1. The van der Waals surface area contributed by atoms with Crippen molar-refractivity contribution in [3.8, 4) is 0 Å². The van der Waals surface area contributed by atoms with Gasteiger partial charge in [0.15, 0.2) is 6.04 Å². The molecule has 0 aromatic heterocycles. The number of nitrogens with one attached hydrogen (secondary N) is 1. The Bertz CT molecular complexity index is 393. The first-order chi connectivity index (χ1) is 7.69. The Kier molecular flexibility index (Phi) is 4.95.